The van der Waals surface area contributed by atoms with E-state index < -0.39 is 5.54 Å². The first-order chi connectivity index (χ1) is 6.93. The number of nitrogens with one attached hydrogen (secondary N) is 1. The summed E-state index contributed by atoms with van der Waals surface area (Å²) in [5.41, 5.74) is 4.42. The SMILES string of the molecule is CN(CC(=O)NC(C)(C)C)C(=O)C(C)(C)N. The van der Waals surface area contributed by atoms with Crippen LogP contribution in [-0.4, -0.2) is 41.4 Å². The Balaban J connectivity index is 4.32. The number of hydrogen-bond acceptors (Lipinski definition) is 3. The van der Waals surface area contributed by atoms with E-state index in [1.54, 1.807) is 20.9 Å². The predicted octanol–water partition coefficient (Wildman–Crippen LogP) is 0.0968. The third-order valence-corrected chi connectivity index (χ3v) is 1.79. The summed E-state index contributed by atoms with van der Waals surface area (Å²) in [5.74, 6) is -0.441. The zero-order valence-electron chi connectivity index (χ0n) is 11.0. The third kappa shape index (κ3) is 5.70. The highest BCUT2D eigenvalue weighted by Crippen LogP contribution is 2.03. The average Bonchev–Trinajstić information content (AvgIpc) is 1.96. The van der Waals surface area contributed by atoms with E-state index >= 15 is 0 Å². The number of likely N-dealkylation sites (N-methyl/N-ethyl adjacent to an activating group) is 1. The molecule has 0 bridgehead atoms. The molecule has 2 amide bonds. The summed E-state index contributed by atoms with van der Waals surface area (Å²) in [4.78, 5) is 24.6. The van der Waals surface area contributed by atoms with Crippen molar-refractivity contribution < 1.29 is 9.59 Å². The van der Waals surface area contributed by atoms with Crippen molar-refractivity contribution in [2.75, 3.05) is 13.6 Å². The quantitative estimate of drug-likeness (QED) is 0.720. The first-order valence-corrected chi connectivity index (χ1v) is 5.29. The molecule has 0 rings (SSSR count). The van der Waals surface area contributed by atoms with Crippen LogP contribution in [0.25, 0.3) is 0 Å². The molecule has 0 aromatic rings. The summed E-state index contributed by atoms with van der Waals surface area (Å²) in [6.45, 7) is 8.93. The normalized spacial score (nSPS) is 12.2. The molecule has 0 aromatic carbocycles. The summed E-state index contributed by atoms with van der Waals surface area (Å²) in [5, 5.41) is 2.78. The van der Waals surface area contributed by atoms with E-state index in [4.69, 9.17) is 5.73 Å². The van der Waals surface area contributed by atoms with Gasteiger partial charge in [-0.2, -0.15) is 0 Å². The monoisotopic (exact) mass is 229 g/mol. The zero-order valence-corrected chi connectivity index (χ0v) is 11.0. The van der Waals surface area contributed by atoms with E-state index in [-0.39, 0.29) is 23.9 Å². The maximum Gasteiger partial charge on any atom is 0.242 e. The Labute approximate surface area is 97.4 Å². The van der Waals surface area contributed by atoms with Gasteiger partial charge in [-0.05, 0) is 34.6 Å². The summed E-state index contributed by atoms with van der Waals surface area (Å²) in [6, 6.07) is 0. The van der Waals surface area contributed by atoms with E-state index in [9.17, 15) is 9.59 Å². The lowest BCUT2D eigenvalue weighted by Crippen LogP contribution is -2.53. The maximum absolute atomic E-state index is 11.7. The Kier molecular flexibility index (Phi) is 4.49. The van der Waals surface area contributed by atoms with Gasteiger partial charge in [0.05, 0.1) is 12.1 Å². The molecule has 0 unspecified atom stereocenters. The number of amides is 2. The number of nitrogens with two attached hydrogens (primary N) is 1. The number of carbonyl (C=O) groups is 2. The summed E-state index contributed by atoms with van der Waals surface area (Å²) in [6.07, 6.45) is 0. The standard InChI is InChI=1S/C11H23N3O2/c1-10(2,3)13-8(15)7-14(6)9(16)11(4,5)12/h7,12H2,1-6H3,(H,13,15). The molecular formula is C11H23N3O2. The molecule has 16 heavy (non-hydrogen) atoms. The first kappa shape index (κ1) is 14.9. The van der Waals surface area contributed by atoms with Gasteiger partial charge in [0, 0.05) is 12.6 Å². The van der Waals surface area contributed by atoms with Gasteiger partial charge in [-0.25, -0.2) is 0 Å². The molecule has 5 nitrogen and oxygen atoms in total. The molecule has 0 aliphatic rings. The van der Waals surface area contributed by atoms with Crippen molar-refractivity contribution in [3.05, 3.63) is 0 Å². The lowest BCUT2D eigenvalue weighted by Gasteiger charge is -2.27. The van der Waals surface area contributed by atoms with Crippen LogP contribution < -0.4 is 11.1 Å². The van der Waals surface area contributed by atoms with Crippen LogP contribution in [0.1, 0.15) is 34.6 Å². The lowest BCUT2D eigenvalue weighted by atomic mass is 10.1. The largest absolute Gasteiger partial charge is 0.350 e. The fourth-order valence-electron chi connectivity index (χ4n) is 1.24. The van der Waals surface area contributed by atoms with Crippen molar-refractivity contribution in [3.63, 3.8) is 0 Å². The van der Waals surface area contributed by atoms with Gasteiger partial charge in [-0.3, -0.25) is 9.59 Å². The molecule has 0 atom stereocenters. The van der Waals surface area contributed by atoms with Crippen LogP contribution in [0.3, 0.4) is 0 Å². The molecule has 0 heterocycles. The van der Waals surface area contributed by atoms with Gasteiger partial charge in [0.1, 0.15) is 0 Å². The Hall–Kier alpha value is -1.10. The van der Waals surface area contributed by atoms with Crippen molar-refractivity contribution in [1.29, 1.82) is 0 Å². The fraction of sp³-hybridized carbons (Fsp3) is 0.818. The van der Waals surface area contributed by atoms with Crippen molar-refractivity contribution in [1.82, 2.24) is 10.2 Å². The van der Waals surface area contributed by atoms with Crippen LogP contribution in [-0.2, 0) is 9.59 Å². The van der Waals surface area contributed by atoms with Gasteiger partial charge in [0.15, 0.2) is 0 Å². The molecule has 0 saturated carbocycles. The first-order valence-electron chi connectivity index (χ1n) is 5.29. The van der Waals surface area contributed by atoms with Crippen LogP contribution in [0.4, 0.5) is 0 Å². The molecule has 0 aliphatic carbocycles. The Morgan fingerprint density at radius 1 is 1.19 bits per heavy atom. The minimum atomic E-state index is -0.948. The minimum absolute atomic E-state index is 0.0245. The molecule has 0 aromatic heterocycles. The van der Waals surface area contributed by atoms with E-state index in [2.05, 4.69) is 5.32 Å². The minimum Gasteiger partial charge on any atom is -0.350 e. The Bertz CT molecular complexity index is 274. The highest BCUT2D eigenvalue weighted by molar-refractivity contribution is 5.89. The zero-order chi connectivity index (χ0) is 13.1. The molecule has 0 aliphatic heterocycles. The molecule has 5 heteroatoms. The van der Waals surface area contributed by atoms with Crippen LogP contribution in [0.5, 0.6) is 0 Å². The van der Waals surface area contributed by atoms with Crippen molar-refractivity contribution in [2.24, 2.45) is 5.73 Å². The lowest BCUT2D eigenvalue weighted by molar-refractivity contribution is -0.138. The average molecular weight is 229 g/mol. The highest BCUT2D eigenvalue weighted by Gasteiger charge is 2.27. The molecule has 3 N–H and O–H groups in total. The molecule has 0 spiro atoms. The van der Waals surface area contributed by atoms with Gasteiger partial charge in [-0.15, -0.1) is 0 Å². The van der Waals surface area contributed by atoms with Crippen LogP contribution in [0, 0.1) is 0 Å². The van der Waals surface area contributed by atoms with Crippen molar-refractivity contribution in [3.8, 4) is 0 Å². The number of carbonyl (C=O) groups excluding carboxylic acids is 2. The molecule has 0 saturated heterocycles. The smallest absolute Gasteiger partial charge is 0.242 e. The fourth-order valence-corrected chi connectivity index (χ4v) is 1.24. The van der Waals surface area contributed by atoms with E-state index in [1.165, 1.54) is 4.90 Å². The highest BCUT2D eigenvalue weighted by atomic mass is 16.2. The molecule has 94 valence electrons. The summed E-state index contributed by atoms with van der Waals surface area (Å²) >= 11 is 0. The van der Waals surface area contributed by atoms with Gasteiger partial charge in [0.2, 0.25) is 11.8 Å². The van der Waals surface area contributed by atoms with E-state index in [0.29, 0.717) is 0 Å². The number of rotatable bonds is 3. The van der Waals surface area contributed by atoms with Crippen LogP contribution >= 0.6 is 0 Å². The topological polar surface area (TPSA) is 75.4 Å². The number of hydrogen-bond donors (Lipinski definition) is 2. The van der Waals surface area contributed by atoms with E-state index in [1.807, 2.05) is 20.8 Å². The predicted molar refractivity (Wildman–Crippen MR) is 63.8 cm³/mol. The second kappa shape index (κ2) is 4.82. The molecule has 0 fully saturated rings. The van der Waals surface area contributed by atoms with Gasteiger partial charge >= 0.3 is 0 Å². The molecular weight excluding hydrogens is 206 g/mol. The second-order valence-electron chi connectivity index (χ2n) is 5.68. The van der Waals surface area contributed by atoms with Crippen LogP contribution in [0.15, 0.2) is 0 Å². The van der Waals surface area contributed by atoms with E-state index in [0.717, 1.165) is 0 Å². The van der Waals surface area contributed by atoms with Crippen molar-refractivity contribution in [2.45, 2.75) is 45.7 Å². The summed E-state index contributed by atoms with van der Waals surface area (Å²) < 4.78 is 0. The third-order valence-electron chi connectivity index (χ3n) is 1.79. The van der Waals surface area contributed by atoms with Gasteiger partial charge < -0.3 is 16.0 Å². The number of nitrogens with zero attached hydrogens (tertiary/aromatic N) is 1. The van der Waals surface area contributed by atoms with Gasteiger partial charge in [0.25, 0.3) is 0 Å². The maximum atomic E-state index is 11.7. The van der Waals surface area contributed by atoms with Gasteiger partial charge in [-0.1, -0.05) is 0 Å². The Morgan fingerprint density at radius 3 is 1.94 bits per heavy atom. The second-order valence-corrected chi connectivity index (χ2v) is 5.68. The summed E-state index contributed by atoms with van der Waals surface area (Å²) in [7, 11) is 1.57. The van der Waals surface area contributed by atoms with Crippen molar-refractivity contribution >= 4 is 11.8 Å². The Morgan fingerprint density at radius 2 is 1.62 bits per heavy atom. The molecule has 0 radical (unpaired) electrons. The van der Waals surface area contributed by atoms with Crippen LogP contribution in [0.2, 0.25) is 0 Å².